The van der Waals surface area contributed by atoms with E-state index in [1.165, 1.54) is 0 Å². The molecule has 2 aromatic carbocycles. The lowest BCUT2D eigenvalue weighted by Gasteiger charge is -2.17. The summed E-state index contributed by atoms with van der Waals surface area (Å²) in [5.74, 6) is 1.57. The summed E-state index contributed by atoms with van der Waals surface area (Å²) in [7, 11) is 1.60. The van der Waals surface area contributed by atoms with Gasteiger partial charge in [0.25, 0.3) is 5.91 Å². The lowest BCUT2D eigenvalue weighted by molar-refractivity contribution is 0.0772. The summed E-state index contributed by atoms with van der Waals surface area (Å²) in [5.41, 5.74) is 0.653. The fourth-order valence-electron chi connectivity index (χ4n) is 2.64. The van der Waals surface area contributed by atoms with Gasteiger partial charge in [-0.15, -0.1) is 0 Å². The van der Waals surface area contributed by atoms with Crippen molar-refractivity contribution in [3.8, 4) is 11.5 Å². The minimum atomic E-state index is 0.0260. The lowest BCUT2D eigenvalue weighted by atomic mass is 10.2. The summed E-state index contributed by atoms with van der Waals surface area (Å²) in [6.07, 6.45) is 0.905. The Bertz CT molecular complexity index is 642. The average Bonchev–Trinajstić information content (AvgIpc) is 3.03. The Morgan fingerprint density at radius 3 is 2.64 bits per heavy atom. The number of carbonyl (C=O) groups excluding carboxylic acids is 1. The molecule has 0 aromatic heterocycles. The van der Waals surface area contributed by atoms with Crippen LogP contribution in [-0.4, -0.2) is 37.1 Å². The second-order valence-electron chi connectivity index (χ2n) is 5.32. The number of hydrogen-bond donors (Lipinski definition) is 0. The minimum absolute atomic E-state index is 0.0260. The van der Waals surface area contributed by atoms with Crippen LogP contribution < -0.4 is 9.47 Å². The van der Waals surface area contributed by atoms with E-state index in [1.807, 2.05) is 53.4 Å². The van der Waals surface area contributed by atoms with Crippen LogP contribution in [0, 0.1) is 0 Å². The Morgan fingerprint density at radius 1 is 1.09 bits per heavy atom. The third kappa shape index (κ3) is 3.22. The number of ether oxygens (including phenoxy) is 2. The van der Waals surface area contributed by atoms with Gasteiger partial charge in [-0.2, -0.15) is 0 Å². The van der Waals surface area contributed by atoms with Crippen molar-refractivity contribution in [1.82, 2.24) is 4.90 Å². The summed E-state index contributed by atoms with van der Waals surface area (Å²) >= 11 is 0. The molecule has 1 aliphatic heterocycles. The quantitative estimate of drug-likeness (QED) is 0.871. The summed E-state index contributed by atoms with van der Waals surface area (Å²) in [4.78, 5) is 14.4. The first-order valence-corrected chi connectivity index (χ1v) is 7.41. The molecule has 1 saturated heterocycles. The predicted octanol–water partition coefficient (Wildman–Crippen LogP) is 2.99. The minimum Gasteiger partial charge on any atom is -0.497 e. The van der Waals surface area contributed by atoms with Crippen LogP contribution in [0.15, 0.2) is 54.6 Å². The van der Waals surface area contributed by atoms with Crippen LogP contribution in [0.5, 0.6) is 11.5 Å². The van der Waals surface area contributed by atoms with Crippen molar-refractivity contribution < 1.29 is 14.3 Å². The van der Waals surface area contributed by atoms with Gasteiger partial charge in [0.1, 0.15) is 17.6 Å². The maximum atomic E-state index is 12.5. The molecule has 0 saturated carbocycles. The van der Waals surface area contributed by atoms with E-state index in [1.54, 1.807) is 13.2 Å². The fourth-order valence-corrected chi connectivity index (χ4v) is 2.64. The van der Waals surface area contributed by atoms with Crippen molar-refractivity contribution in [3.63, 3.8) is 0 Å². The zero-order chi connectivity index (χ0) is 15.4. The zero-order valence-corrected chi connectivity index (χ0v) is 12.6. The molecule has 4 heteroatoms. The molecule has 4 nitrogen and oxygen atoms in total. The van der Waals surface area contributed by atoms with E-state index in [2.05, 4.69) is 0 Å². The fraction of sp³-hybridized carbons (Fsp3) is 0.278. The second kappa shape index (κ2) is 6.52. The maximum Gasteiger partial charge on any atom is 0.254 e. The predicted molar refractivity (Wildman–Crippen MR) is 84.4 cm³/mol. The van der Waals surface area contributed by atoms with Crippen LogP contribution in [0.1, 0.15) is 16.8 Å². The largest absolute Gasteiger partial charge is 0.497 e. The van der Waals surface area contributed by atoms with Crippen molar-refractivity contribution in [2.24, 2.45) is 0 Å². The SMILES string of the molecule is COc1cccc(C(=O)N2CCC(Oc3ccccc3)C2)c1. The van der Waals surface area contributed by atoms with Gasteiger partial charge in [-0.05, 0) is 30.3 Å². The Balaban J connectivity index is 1.63. The Labute approximate surface area is 130 Å². The first-order chi connectivity index (χ1) is 10.8. The Hall–Kier alpha value is -2.49. The van der Waals surface area contributed by atoms with E-state index in [4.69, 9.17) is 9.47 Å². The standard InChI is InChI=1S/C18H19NO3/c1-21-16-9-5-6-14(12-16)18(20)19-11-10-17(13-19)22-15-7-3-2-4-8-15/h2-9,12,17H,10-11,13H2,1H3. The van der Waals surface area contributed by atoms with Gasteiger partial charge in [-0.1, -0.05) is 24.3 Å². The molecule has 1 amide bonds. The highest BCUT2D eigenvalue weighted by atomic mass is 16.5. The zero-order valence-electron chi connectivity index (χ0n) is 12.6. The van der Waals surface area contributed by atoms with Crippen LogP contribution in [0.3, 0.4) is 0 Å². The molecule has 0 radical (unpaired) electrons. The molecule has 1 heterocycles. The van der Waals surface area contributed by atoms with E-state index in [9.17, 15) is 4.79 Å². The Kier molecular flexibility index (Phi) is 4.28. The monoisotopic (exact) mass is 297 g/mol. The summed E-state index contributed by atoms with van der Waals surface area (Å²) in [5, 5.41) is 0. The number of methoxy groups -OCH3 is 1. The van der Waals surface area contributed by atoms with E-state index in [-0.39, 0.29) is 12.0 Å². The molecule has 114 valence electrons. The molecule has 0 spiro atoms. The molecular weight excluding hydrogens is 278 g/mol. The van der Waals surface area contributed by atoms with Gasteiger partial charge in [0.2, 0.25) is 0 Å². The van der Waals surface area contributed by atoms with Gasteiger partial charge < -0.3 is 14.4 Å². The number of nitrogens with zero attached hydrogens (tertiary/aromatic N) is 1. The molecule has 22 heavy (non-hydrogen) atoms. The summed E-state index contributed by atoms with van der Waals surface area (Å²) in [6, 6.07) is 17.0. The van der Waals surface area contributed by atoms with Crippen molar-refractivity contribution >= 4 is 5.91 Å². The van der Waals surface area contributed by atoms with Crippen LogP contribution >= 0.6 is 0 Å². The van der Waals surface area contributed by atoms with E-state index in [0.717, 1.165) is 12.2 Å². The van der Waals surface area contributed by atoms with Gasteiger partial charge >= 0.3 is 0 Å². The van der Waals surface area contributed by atoms with E-state index >= 15 is 0 Å². The topological polar surface area (TPSA) is 38.8 Å². The molecule has 1 fully saturated rings. The number of para-hydroxylation sites is 1. The highest BCUT2D eigenvalue weighted by Crippen LogP contribution is 2.21. The third-order valence-corrected chi connectivity index (χ3v) is 3.79. The lowest BCUT2D eigenvalue weighted by Crippen LogP contribution is -2.30. The first kappa shape index (κ1) is 14.4. The number of likely N-dealkylation sites (tertiary alicyclic amines) is 1. The van der Waals surface area contributed by atoms with E-state index in [0.29, 0.717) is 24.4 Å². The van der Waals surface area contributed by atoms with Crippen LogP contribution in [0.2, 0.25) is 0 Å². The third-order valence-electron chi connectivity index (χ3n) is 3.79. The van der Waals surface area contributed by atoms with Crippen LogP contribution in [-0.2, 0) is 0 Å². The number of amides is 1. The van der Waals surface area contributed by atoms with Crippen LogP contribution in [0.25, 0.3) is 0 Å². The van der Waals surface area contributed by atoms with Crippen molar-refractivity contribution in [2.75, 3.05) is 20.2 Å². The first-order valence-electron chi connectivity index (χ1n) is 7.41. The Morgan fingerprint density at radius 2 is 1.86 bits per heavy atom. The van der Waals surface area contributed by atoms with Gasteiger partial charge in [0.05, 0.1) is 13.7 Å². The maximum absolute atomic E-state index is 12.5. The van der Waals surface area contributed by atoms with E-state index < -0.39 is 0 Å². The van der Waals surface area contributed by atoms with Gasteiger partial charge in [0, 0.05) is 18.5 Å². The molecule has 1 unspecified atom stereocenters. The molecule has 0 bridgehead atoms. The van der Waals surface area contributed by atoms with Gasteiger partial charge in [-0.3, -0.25) is 4.79 Å². The van der Waals surface area contributed by atoms with Crippen molar-refractivity contribution in [3.05, 3.63) is 60.2 Å². The number of hydrogen-bond acceptors (Lipinski definition) is 3. The van der Waals surface area contributed by atoms with Gasteiger partial charge in [0.15, 0.2) is 0 Å². The molecular formula is C18H19NO3. The number of carbonyl (C=O) groups is 1. The number of benzene rings is 2. The molecule has 1 aliphatic rings. The van der Waals surface area contributed by atoms with Crippen LogP contribution in [0.4, 0.5) is 0 Å². The molecule has 3 rings (SSSR count). The average molecular weight is 297 g/mol. The normalized spacial score (nSPS) is 17.3. The molecule has 0 aliphatic carbocycles. The second-order valence-corrected chi connectivity index (χ2v) is 5.32. The molecule has 1 atom stereocenters. The van der Waals surface area contributed by atoms with Crippen molar-refractivity contribution in [1.29, 1.82) is 0 Å². The number of rotatable bonds is 4. The van der Waals surface area contributed by atoms with Gasteiger partial charge in [-0.25, -0.2) is 0 Å². The highest BCUT2D eigenvalue weighted by Gasteiger charge is 2.28. The summed E-state index contributed by atoms with van der Waals surface area (Å²) < 4.78 is 11.1. The molecule has 2 aromatic rings. The van der Waals surface area contributed by atoms with Crippen molar-refractivity contribution in [2.45, 2.75) is 12.5 Å². The highest BCUT2D eigenvalue weighted by molar-refractivity contribution is 5.94. The summed E-state index contributed by atoms with van der Waals surface area (Å²) in [6.45, 7) is 1.33. The smallest absolute Gasteiger partial charge is 0.254 e. The molecule has 0 N–H and O–H groups in total.